The highest BCUT2D eigenvalue weighted by atomic mass is 32.1. The fraction of sp³-hybridized carbons (Fsp3) is 0.421. The molecule has 0 bridgehead atoms. The standard InChI is InChI=1S/C19H21N3OS/c1-14-13-24-19(21-14)17-4-2-3-11-22(17)18(23)10-9-15-5-7-16(12-20)8-6-15/h5-8,13,17H,2-4,9-11H2,1H3. The van der Waals surface area contributed by atoms with Gasteiger partial charge in [0, 0.05) is 24.0 Å². The van der Waals surface area contributed by atoms with E-state index >= 15 is 0 Å². The zero-order chi connectivity index (χ0) is 16.9. The largest absolute Gasteiger partial charge is 0.333 e. The van der Waals surface area contributed by atoms with Crippen molar-refractivity contribution in [2.45, 2.75) is 45.1 Å². The zero-order valence-electron chi connectivity index (χ0n) is 13.9. The normalized spacial score (nSPS) is 17.5. The van der Waals surface area contributed by atoms with Crippen molar-refractivity contribution in [2.24, 2.45) is 0 Å². The number of hydrogen-bond acceptors (Lipinski definition) is 4. The lowest BCUT2D eigenvalue weighted by Gasteiger charge is -2.34. The lowest BCUT2D eigenvalue weighted by atomic mass is 10.0. The summed E-state index contributed by atoms with van der Waals surface area (Å²) in [6.07, 6.45) is 4.46. The van der Waals surface area contributed by atoms with Crippen molar-refractivity contribution in [3.8, 4) is 6.07 Å². The Morgan fingerprint density at radius 2 is 2.17 bits per heavy atom. The first kappa shape index (κ1) is 16.7. The topological polar surface area (TPSA) is 57.0 Å². The number of aromatic nitrogens is 1. The summed E-state index contributed by atoms with van der Waals surface area (Å²) >= 11 is 1.66. The summed E-state index contributed by atoms with van der Waals surface area (Å²) in [5.74, 6) is 0.205. The molecule has 1 saturated heterocycles. The summed E-state index contributed by atoms with van der Waals surface area (Å²) in [6.45, 7) is 2.83. The van der Waals surface area contributed by atoms with Crippen LogP contribution in [0.4, 0.5) is 0 Å². The minimum absolute atomic E-state index is 0.144. The van der Waals surface area contributed by atoms with Crippen molar-refractivity contribution in [3.05, 3.63) is 51.5 Å². The van der Waals surface area contributed by atoms with E-state index in [0.29, 0.717) is 18.4 Å². The number of rotatable bonds is 4. The van der Waals surface area contributed by atoms with Crippen molar-refractivity contribution in [3.63, 3.8) is 0 Å². The Morgan fingerprint density at radius 3 is 2.83 bits per heavy atom. The van der Waals surface area contributed by atoms with Gasteiger partial charge < -0.3 is 4.90 Å². The van der Waals surface area contributed by atoms with Crippen molar-refractivity contribution >= 4 is 17.2 Å². The van der Waals surface area contributed by atoms with Gasteiger partial charge in [-0.2, -0.15) is 5.26 Å². The quantitative estimate of drug-likeness (QED) is 0.845. The van der Waals surface area contributed by atoms with Crippen LogP contribution in [0.2, 0.25) is 0 Å². The molecule has 1 aromatic heterocycles. The molecular formula is C19H21N3OS. The maximum Gasteiger partial charge on any atom is 0.223 e. The highest BCUT2D eigenvalue weighted by Gasteiger charge is 2.29. The first-order valence-corrected chi connectivity index (χ1v) is 9.26. The van der Waals surface area contributed by atoms with Crippen molar-refractivity contribution in [1.29, 1.82) is 5.26 Å². The molecule has 1 unspecified atom stereocenters. The van der Waals surface area contributed by atoms with Crippen LogP contribution < -0.4 is 0 Å². The van der Waals surface area contributed by atoms with Gasteiger partial charge >= 0.3 is 0 Å². The Balaban J connectivity index is 1.64. The molecule has 1 aromatic carbocycles. The van der Waals surface area contributed by atoms with Gasteiger partial charge in [-0.05, 0) is 50.3 Å². The van der Waals surface area contributed by atoms with Gasteiger partial charge in [-0.1, -0.05) is 12.1 Å². The smallest absolute Gasteiger partial charge is 0.223 e. The summed E-state index contributed by atoms with van der Waals surface area (Å²) in [5.41, 5.74) is 2.78. The number of hydrogen-bond donors (Lipinski definition) is 0. The van der Waals surface area contributed by atoms with Crippen molar-refractivity contribution in [1.82, 2.24) is 9.88 Å². The average Bonchev–Trinajstić information content (AvgIpc) is 3.06. The van der Waals surface area contributed by atoms with E-state index in [0.717, 1.165) is 42.1 Å². The number of piperidine rings is 1. The number of carbonyl (C=O) groups is 1. The van der Waals surface area contributed by atoms with E-state index in [1.54, 1.807) is 11.3 Å². The first-order valence-electron chi connectivity index (χ1n) is 8.38. The monoisotopic (exact) mass is 339 g/mol. The van der Waals surface area contributed by atoms with Gasteiger partial charge in [-0.25, -0.2) is 4.98 Å². The van der Waals surface area contributed by atoms with Gasteiger partial charge in [-0.3, -0.25) is 4.79 Å². The van der Waals surface area contributed by atoms with Gasteiger partial charge in [-0.15, -0.1) is 11.3 Å². The number of nitrogens with zero attached hydrogens (tertiary/aromatic N) is 3. The van der Waals surface area contributed by atoms with Gasteiger partial charge in [0.25, 0.3) is 0 Å². The molecule has 4 nitrogen and oxygen atoms in total. The predicted molar refractivity (Wildman–Crippen MR) is 94.6 cm³/mol. The van der Waals surface area contributed by atoms with E-state index in [1.807, 2.05) is 36.1 Å². The lowest BCUT2D eigenvalue weighted by Crippen LogP contribution is -2.38. The van der Waals surface area contributed by atoms with Crippen LogP contribution in [0.5, 0.6) is 0 Å². The number of carbonyl (C=O) groups excluding carboxylic acids is 1. The Morgan fingerprint density at radius 1 is 1.38 bits per heavy atom. The molecule has 24 heavy (non-hydrogen) atoms. The summed E-state index contributed by atoms with van der Waals surface area (Å²) in [4.78, 5) is 19.4. The molecule has 1 aliphatic heterocycles. The van der Waals surface area contributed by atoms with E-state index in [2.05, 4.69) is 16.4 Å². The highest BCUT2D eigenvalue weighted by Crippen LogP contribution is 2.33. The molecule has 1 amide bonds. The molecule has 0 spiro atoms. The zero-order valence-corrected chi connectivity index (χ0v) is 14.7. The predicted octanol–water partition coefficient (Wildman–Crippen LogP) is 4.01. The summed E-state index contributed by atoms with van der Waals surface area (Å²) in [5, 5.41) is 12.0. The van der Waals surface area contributed by atoms with Crippen LogP contribution in [0.1, 0.15) is 53.6 Å². The maximum atomic E-state index is 12.7. The van der Waals surface area contributed by atoms with Gasteiger partial charge in [0.15, 0.2) is 0 Å². The Labute approximate surface area is 146 Å². The number of likely N-dealkylation sites (tertiary alicyclic amines) is 1. The van der Waals surface area contributed by atoms with E-state index in [-0.39, 0.29) is 11.9 Å². The maximum absolute atomic E-state index is 12.7. The fourth-order valence-corrected chi connectivity index (χ4v) is 4.10. The van der Waals surface area contributed by atoms with Crippen LogP contribution in [0.15, 0.2) is 29.6 Å². The number of nitriles is 1. The van der Waals surface area contributed by atoms with Gasteiger partial charge in [0.05, 0.1) is 17.7 Å². The van der Waals surface area contributed by atoms with E-state index in [1.165, 1.54) is 0 Å². The summed E-state index contributed by atoms with van der Waals surface area (Å²) in [6, 6.07) is 9.74. The van der Waals surface area contributed by atoms with Crippen LogP contribution in [0, 0.1) is 18.3 Å². The van der Waals surface area contributed by atoms with Crippen LogP contribution in [0.25, 0.3) is 0 Å². The van der Waals surface area contributed by atoms with Crippen LogP contribution in [-0.2, 0) is 11.2 Å². The molecule has 1 aliphatic rings. The molecule has 5 heteroatoms. The SMILES string of the molecule is Cc1csc(C2CCCCN2C(=O)CCc2ccc(C#N)cc2)n1. The minimum Gasteiger partial charge on any atom is -0.333 e. The molecule has 2 heterocycles. The van der Waals surface area contributed by atoms with Crippen molar-refractivity contribution in [2.75, 3.05) is 6.54 Å². The molecule has 1 fully saturated rings. The van der Waals surface area contributed by atoms with Crippen LogP contribution >= 0.6 is 11.3 Å². The Kier molecular flexibility index (Phi) is 5.27. The average molecular weight is 339 g/mol. The minimum atomic E-state index is 0.144. The molecule has 0 radical (unpaired) electrons. The number of thiazole rings is 1. The molecular weight excluding hydrogens is 318 g/mol. The molecule has 3 rings (SSSR count). The van der Waals surface area contributed by atoms with Gasteiger partial charge in [0.2, 0.25) is 5.91 Å². The third-order valence-corrected chi connectivity index (χ3v) is 5.52. The third kappa shape index (κ3) is 3.82. The van der Waals surface area contributed by atoms with Crippen LogP contribution in [-0.4, -0.2) is 22.3 Å². The second kappa shape index (κ2) is 7.59. The molecule has 0 N–H and O–H groups in total. The number of amides is 1. The fourth-order valence-electron chi connectivity index (χ4n) is 3.15. The molecule has 2 aromatic rings. The Hall–Kier alpha value is -2.19. The van der Waals surface area contributed by atoms with Crippen LogP contribution in [0.3, 0.4) is 0 Å². The molecule has 124 valence electrons. The molecule has 0 saturated carbocycles. The summed E-state index contributed by atoms with van der Waals surface area (Å²) in [7, 11) is 0. The highest BCUT2D eigenvalue weighted by molar-refractivity contribution is 7.09. The van der Waals surface area contributed by atoms with Crippen molar-refractivity contribution < 1.29 is 4.79 Å². The number of aryl methyl sites for hydroxylation is 2. The Bertz CT molecular complexity index is 745. The van der Waals surface area contributed by atoms with E-state index in [9.17, 15) is 4.79 Å². The lowest BCUT2D eigenvalue weighted by molar-refractivity contribution is -0.135. The van der Waals surface area contributed by atoms with Gasteiger partial charge in [0.1, 0.15) is 5.01 Å². The summed E-state index contributed by atoms with van der Waals surface area (Å²) < 4.78 is 0. The van der Waals surface area contributed by atoms with E-state index in [4.69, 9.17) is 5.26 Å². The second-order valence-electron chi connectivity index (χ2n) is 6.23. The third-order valence-electron chi connectivity index (χ3n) is 4.46. The van der Waals surface area contributed by atoms with E-state index < -0.39 is 0 Å². The first-order chi connectivity index (χ1) is 11.7. The second-order valence-corrected chi connectivity index (χ2v) is 7.12. The number of benzene rings is 1. The molecule has 1 atom stereocenters. The molecule has 0 aliphatic carbocycles.